The van der Waals surface area contributed by atoms with E-state index in [2.05, 4.69) is 41.1 Å². The first-order chi connectivity index (χ1) is 8.61. The van der Waals surface area contributed by atoms with Crippen molar-refractivity contribution in [2.45, 2.75) is 40.0 Å². The van der Waals surface area contributed by atoms with Crippen molar-refractivity contribution in [2.75, 3.05) is 30.4 Å². The summed E-state index contributed by atoms with van der Waals surface area (Å²) in [5, 5.41) is 3.39. The Kier molecular flexibility index (Phi) is 4.04. The van der Waals surface area contributed by atoms with Crippen LogP contribution in [0.4, 0.5) is 11.6 Å². The van der Waals surface area contributed by atoms with Gasteiger partial charge in [-0.15, -0.1) is 0 Å². The molecule has 0 bridgehead atoms. The molecule has 1 heterocycles. The summed E-state index contributed by atoms with van der Waals surface area (Å²) in [6.45, 7) is 8.31. The monoisotopic (exact) mass is 248 g/mol. The van der Waals surface area contributed by atoms with Crippen molar-refractivity contribution in [2.24, 2.45) is 5.92 Å². The fourth-order valence-corrected chi connectivity index (χ4v) is 2.18. The van der Waals surface area contributed by atoms with Gasteiger partial charge in [0.15, 0.2) is 0 Å². The Labute approximate surface area is 110 Å². The molecule has 1 aromatic heterocycles. The van der Waals surface area contributed by atoms with Crippen molar-refractivity contribution >= 4 is 11.6 Å². The van der Waals surface area contributed by atoms with E-state index in [0.717, 1.165) is 48.5 Å². The van der Waals surface area contributed by atoms with Gasteiger partial charge in [-0.2, -0.15) is 0 Å². The minimum Gasteiger partial charge on any atom is -0.370 e. The number of aromatic nitrogens is 2. The van der Waals surface area contributed by atoms with Crippen molar-refractivity contribution in [3.05, 3.63) is 11.4 Å². The molecule has 0 atom stereocenters. The third-order valence-electron chi connectivity index (χ3n) is 3.36. The summed E-state index contributed by atoms with van der Waals surface area (Å²) in [4.78, 5) is 11.4. The largest absolute Gasteiger partial charge is 0.370 e. The molecule has 4 nitrogen and oxygen atoms in total. The highest BCUT2D eigenvalue weighted by molar-refractivity contribution is 5.58. The predicted octanol–water partition coefficient (Wildman–Crippen LogP) is 2.76. The zero-order chi connectivity index (χ0) is 13.1. The average Bonchev–Trinajstić information content (AvgIpc) is 3.13. The smallest absolute Gasteiger partial charge is 0.137 e. The maximum atomic E-state index is 4.60. The molecule has 0 unspecified atom stereocenters. The molecule has 0 spiro atoms. The van der Waals surface area contributed by atoms with E-state index in [4.69, 9.17) is 0 Å². The first-order valence-electron chi connectivity index (χ1n) is 6.92. The minimum absolute atomic E-state index is 0.844. The SMILES string of the molecule is CCCNc1nc(C)nc(N(C)CC2CC2)c1C. The van der Waals surface area contributed by atoms with Crippen LogP contribution in [0.1, 0.15) is 37.6 Å². The van der Waals surface area contributed by atoms with E-state index >= 15 is 0 Å². The van der Waals surface area contributed by atoms with Crippen LogP contribution in [-0.2, 0) is 0 Å². The molecule has 0 amide bonds. The predicted molar refractivity (Wildman–Crippen MR) is 76.3 cm³/mol. The Hall–Kier alpha value is -1.32. The number of hydrogen-bond donors (Lipinski definition) is 1. The molecule has 18 heavy (non-hydrogen) atoms. The molecule has 0 aromatic carbocycles. The minimum atomic E-state index is 0.844. The van der Waals surface area contributed by atoms with Crippen LogP contribution in [0.2, 0.25) is 0 Å². The van der Waals surface area contributed by atoms with Gasteiger partial charge >= 0.3 is 0 Å². The fourth-order valence-electron chi connectivity index (χ4n) is 2.18. The van der Waals surface area contributed by atoms with Crippen LogP contribution >= 0.6 is 0 Å². The van der Waals surface area contributed by atoms with Crippen LogP contribution in [0.25, 0.3) is 0 Å². The summed E-state index contributed by atoms with van der Waals surface area (Å²) in [6.07, 6.45) is 3.85. The molecule has 100 valence electrons. The zero-order valence-electron chi connectivity index (χ0n) is 12.0. The fraction of sp³-hybridized carbons (Fsp3) is 0.714. The molecule has 1 aliphatic rings. The van der Waals surface area contributed by atoms with E-state index in [9.17, 15) is 0 Å². The highest BCUT2D eigenvalue weighted by Gasteiger charge is 2.24. The second-order valence-corrected chi connectivity index (χ2v) is 5.32. The standard InChI is InChI=1S/C14H24N4/c1-5-8-15-13-10(2)14(17-11(3)16-13)18(4)9-12-6-7-12/h12H,5-9H2,1-4H3,(H,15,16,17). The van der Waals surface area contributed by atoms with Crippen LogP contribution in [-0.4, -0.2) is 30.1 Å². The average molecular weight is 248 g/mol. The van der Waals surface area contributed by atoms with E-state index in [1.165, 1.54) is 12.8 Å². The van der Waals surface area contributed by atoms with Crippen LogP contribution in [0.3, 0.4) is 0 Å². The summed E-state index contributed by atoms with van der Waals surface area (Å²) in [6, 6.07) is 0. The van der Waals surface area contributed by atoms with Crippen LogP contribution in [0.15, 0.2) is 0 Å². The topological polar surface area (TPSA) is 41.1 Å². The van der Waals surface area contributed by atoms with Crippen LogP contribution < -0.4 is 10.2 Å². The molecule has 0 aliphatic heterocycles. The highest BCUT2D eigenvalue weighted by Crippen LogP contribution is 2.32. The molecular formula is C14H24N4. The molecule has 4 heteroatoms. The maximum Gasteiger partial charge on any atom is 0.137 e. The van der Waals surface area contributed by atoms with Crippen LogP contribution in [0, 0.1) is 19.8 Å². The van der Waals surface area contributed by atoms with E-state index in [-0.39, 0.29) is 0 Å². The Bertz CT molecular complexity index is 413. The van der Waals surface area contributed by atoms with Gasteiger partial charge in [-0.3, -0.25) is 0 Å². The van der Waals surface area contributed by atoms with Gasteiger partial charge < -0.3 is 10.2 Å². The van der Waals surface area contributed by atoms with Gasteiger partial charge in [0.25, 0.3) is 0 Å². The summed E-state index contributed by atoms with van der Waals surface area (Å²) < 4.78 is 0. The quantitative estimate of drug-likeness (QED) is 0.840. The lowest BCUT2D eigenvalue weighted by atomic mass is 10.2. The zero-order valence-corrected chi connectivity index (χ0v) is 12.0. The number of rotatable bonds is 6. The Morgan fingerprint density at radius 3 is 2.61 bits per heavy atom. The number of anilines is 2. The van der Waals surface area contributed by atoms with E-state index in [0.29, 0.717) is 0 Å². The lowest BCUT2D eigenvalue weighted by Crippen LogP contribution is -2.23. The molecule has 1 aliphatic carbocycles. The van der Waals surface area contributed by atoms with Gasteiger partial charge in [0, 0.05) is 25.7 Å². The summed E-state index contributed by atoms with van der Waals surface area (Å²) >= 11 is 0. The first-order valence-corrected chi connectivity index (χ1v) is 6.92. The maximum absolute atomic E-state index is 4.60. The molecule has 1 aromatic rings. The number of aryl methyl sites for hydroxylation is 1. The third kappa shape index (κ3) is 3.12. The molecule has 1 fully saturated rings. The molecule has 1 saturated carbocycles. The molecule has 0 saturated heterocycles. The van der Waals surface area contributed by atoms with Crippen molar-refractivity contribution in [3.8, 4) is 0 Å². The lowest BCUT2D eigenvalue weighted by Gasteiger charge is -2.22. The highest BCUT2D eigenvalue weighted by atomic mass is 15.2. The number of hydrogen-bond acceptors (Lipinski definition) is 4. The normalized spacial score (nSPS) is 14.7. The molecule has 1 N–H and O–H groups in total. The van der Waals surface area contributed by atoms with Crippen molar-refractivity contribution in [1.82, 2.24) is 9.97 Å². The van der Waals surface area contributed by atoms with Crippen LogP contribution in [0.5, 0.6) is 0 Å². The van der Waals surface area contributed by atoms with E-state index in [1.54, 1.807) is 0 Å². The first kappa shape index (κ1) is 13.1. The van der Waals surface area contributed by atoms with Gasteiger partial charge in [0.05, 0.1) is 0 Å². The van der Waals surface area contributed by atoms with Crippen molar-refractivity contribution in [1.29, 1.82) is 0 Å². The molecular weight excluding hydrogens is 224 g/mol. The van der Waals surface area contributed by atoms with Gasteiger partial charge in [-0.1, -0.05) is 6.92 Å². The molecule has 2 rings (SSSR count). The summed E-state index contributed by atoms with van der Waals surface area (Å²) in [5.41, 5.74) is 1.16. The van der Waals surface area contributed by atoms with Crippen molar-refractivity contribution < 1.29 is 0 Å². The Morgan fingerprint density at radius 2 is 2.00 bits per heavy atom. The Morgan fingerprint density at radius 1 is 1.28 bits per heavy atom. The lowest BCUT2D eigenvalue weighted by molar-refractivity contribution is 0.769. The van der Waals surface area contributed by atoms with E-state index in [1.807, 2.05) is 6.92 Å². The van der Waals surface area contributed by atoms with E-state index < -0.39 is 0 Å². The third-order valence-corrected chi connectivity index (χ3v) is 3.36. The van der Waals surface area contributed by atoms with Gasteiger partial charge in [-0.25, -0.2) is 9.97 Å². The number of nitrogens with one attached hydrogen (secondary N) is 1. The van der Waals surface area contributed by atoms with Gasteiger partial charge in [0.1, 0.15) is 17.5 Å². The van der Waals surface area contributed by atoms with Crippen molar-refractivity contribution in [3.63, 3.8) is 0 Å². The second kappa shape index (κ2) is 5.55. The second-order valence-electron chi connectivity index (χ2n) is 5.32. The number of nitrogens with zero attached hydrogens (tertiary/aromatic N) is 3. The Balaban J connectivity index is 2.19. The van der Waals surface area contributed by atoms with Gasteiger partial charge in [0.2, 0.25) is 0 Å². The molecule has 0 radical (unpaired) electrons. The summed E-state index contributed by atoms with van der Waals surface area (Å²) in [5.74, 6) is 3.78. The van der Waals surface area contributed by atoms with Gasteiger partial charge in [-0.05, 0) is 39.0 Å². The summed E-state index contributed by atoms with van der Waals surface area (Å²) in [7, 11) is 2.14.